The van der Waals surface area contributed by atoms with Crippen LogP contribution in [0.2, 0.25) is 0 Å². The molecular weight excluding hydrogens is 124 g/mol. The lowest BCUT2D eigenvalue weighted by Crippen LogP contribution is -2.33. The van der Waals surface area contributed by atoms with E-state index >= 15 is 0 Å². The molecule has 2 aliphatic heterocycles. The van der Waals surface area contributed by atoms with Gasteiger partial charge in [-0.15, -0.1) is 0 Å². The Morgan fingerprint density at radius 2 is 2.30 bits per heavy atom. The first kappa shape index (κ1) is 6.62. The molecule has 0 amide bonds. The van der Waals surface area contributed by atoms with E-state index in [0.29, 0.717) is 0 Å². The van der Waals surface area contributed by atoms with Gasteiger partial charge >= 0.3 is 0 Å². The summed E-state index contributed by atoms with van der Waals surface area (Å²) in [7, 11) is 0. The topological polar surface area (TPSA) is 24.1 Å². The van der Waals surface area contributed by atoms with Crippen LogP contribution in [0.4, 0.5) is 0 Å². The maximum atomic E-state index is 3.56. The number of hydrogen-bond acceptors (Lipinski definition) is 2. The zero-order valence-corrected chi connectivity index (χ0v) is 6.56. The number of rotatable bonds is 1. The van der Waals surface area contributed by atoms with Gasteiger partial charge in [-0.1, -0.05) is 13.3 Å². The molecule has 3 unspecified atom stereocenters. The van der Waals surface area contributed by atoms with E-state index in [-0.39, 0.29) is 0 Å². The van der Waals surface area contributed by atoms with Crippen LogP contribution in [-0.2, 0) is 0 Å². The van der Waals surface area contributed by atoms with E-state index in [0.717, 1.165) is 18.0 Å². The Morgan fingerprint density at radius 1 is 1.40 bits per heavy atom. The molecule has 0 aromatic rings. The monoisotopic (exact) mass is 140 g/mol. The summed E-state index contributed by atoms with van der Waals surface area (Å²) in [6.07, 6.45) is 2.66. The Labute approximate surface area is 62.4 Å². The van der Waals surface area contributed by atoms with Crippen LogP contribution < -0.4 is 10.6 Å². The van der Waals surface area contributed by atoms with Crippen LogP contribution >= 0.6 is 0 Å². The molecule has 10 heavy (non-hydrogen) atoms. The van der Waals surface area contributed by atoms with Gasteiger partial charge in [0.1, 0.15) is 0 Å². The second-order valence-electron chi connectivity index (χ2n) is 3.45. The predicted octanol–water partition coefficient (Wildman–Crippen LogP) is 0.346. The van der Waals surface area contributed by atoms with E-state index < -0.39 is 0 Å². The van der Waals surface area contributed by atoms with Crippen molar-refractivity contribution in [1.29, 1.82) is 0 Å². The lowest BCUT2D eigenvalue weighted by molar-refractivity contribution is 0.440. The van der Waals surface area contributed by atoms with Crippen molar-refractivity contribution in [3.8, 4) is 0 Å². The molecule has 2 aliphatic rings. The maximum absolute atomic E-state index is 3.56. The molecule has 2 N–H and O–H groups in total. The maximum Gasteiger partial charge on any atom is 0.0261 e. The van der Waals surface area contributed by atoms with Gasteiger partial charge in [-0.3, -0.25) is 0 Å². The molecule has 0 aromatic carbocycles. The summed E-state index contributed by atoms with van der Waals surface area (Å²) in [5.74, 6) is 0.896. The van der Waals surface area contributed by atoms with Crippen LogP contribution in [0.5, 0.6) is 0 Å². The molecule has 0 radical (unpaired) electrons. The second kappa shape index (κ2) is 2.51. The smallest absolute Gasteiger partial charge is 0.0261 e. The quantitative estimate of drug-likeness (QED) is 0.549. The largest absolute Gasteiger partial charge is 0.312 e. The highest BCUT2D eigenvalue weighted by Crippen LogP contribution is 2.23. The van der Waals surface area contributed by atoms with Gasteiger partial charge in [0.05, 0.1) is 0 Å². The second-order valence-corrected chi connectivity index (χ2v) is 3.45. The van der Waals surface area contributed by atoms with Crippen LogP contribution in [0.3, 0.4) is 0 Å². The minimum Gasteiger partial charge on any atom is -0.312 e. The van der Waals surface area contributed by atoms with E-state index in [1.54, 1.807) is 0 Å². The molecule has 58 valence electrons. The van der Waals surface area contributed by atoms with Crippen molar-refractivity contribution in [3.63, 3.8) is 0 Å². The highest BCUT2D eigenvalue weighted by molar-refractivity contribution is 4.99. The third kappa shape index (κ3) is 0.867. The van der Waals surface area contributed by atoms with E-state index in [4.69, 9.17) is 0 Å². The first-order valence-corrected chi connectivity index (χ1v) is 4.38. The van der Waals surface area contributed by atoms with Gasteiger partial charge in [0, 0.05) is 12.1 Å². The van der Waals surface area contributed by atoms with Gasteiger partial charge in [-0.05, 0) is 25.4 Å². The molecule has 2 heteroatoms. The molecular formula is C8H16N2. The fourth-order valence-electron chi connectivity index (χ4n) is 2.28. The van der Waals surface area contributed by atoms with Crippen LogP contribution in [-0.4, -0.2) is 25.2 Å². The summed E-state index contributed by atoms with van der Waals surface area (Å²) in [5.41, 5.74) is 0. The Bertz CT molecular complexity index is 124. The molecule has 2 nitrogen and oxygen atoms in total. The van der Waals surface area contributed by atoms with E-state index in [1.165, 1.54) is 25.9 Å². The normalized spacial score (nSPS) is 45.9. The molecule has 0 bridgehead atoms. The summed E-state index contributed by atoms with van der Waals surface area (Å²) in [5, 5.41) is 7.11. The molecule has 2 fully saturated rings. The van der Waals surface area contributed by atoms with Gasteiger partial charge in [0.25, 0.3) is 0 Å². The zero-order valence-electron chi connectivity index (χ0n) is 6.56. The molecule has 2 heterocycles. The molecule has 0 aromatic heterocycles. The van der Waals surface area contributed by atoms with Crippen molar-refractivity contribution < 1.29 is 0 Å². The van der Waals surface area contributed by atoms with E-state index in [1.807, 2.05) is 0 Å². The Morgan fingerprint density at radius 3 is 3.10 bits per heavy atom. The van der Waals surface area contributed by atoms with Gasteiger partial charge in [-0.25, -0.2) is 0 Å². The van der Waals surface area contributed by atoms with Crippen molar-refractivity contribution >= 4 is 0 Å². The highest BCUT2D eigenvalue weighted by atomic mass is 15.1. The summed E-state index contributed by atoms with van der Waals surface area (Å²) >= 11 is 0. The summed E-state index contributed by atoms with van der Waals surface area (Å²) in [6, 6.07) is 1.59. The minimum atomic E-state index is 0.796. The average molecular weight is 140 g/mol. The molecule has 2 rings (SSSR count). The van der Waals surface area contributed by atoms with Gasteiger partial charge in [0.2, 0.25) is 0 Å². The average Bonchev–Trinajstić information content (AvgIpc) is 2.44. The number of fused-ring (bicyclic) bond motifs is 1. The molecule has 0 spiro atoms. The lowest BCUT2D eigenvalue weighted by atomic mass is 9.98. The van der Waals surface area contributed by atoms with E-state index in [2.05, 4.69) is 17.6 Å². The number of hydrogen-bond donors (Lipinski definition) is 2. The Kier molecular flexibility index (Phi) is 1.66. The minimum absolute atomic E-state index is 0.796. The SMILES string of the molecule is CCC1CNC2CCNC12. The molecule has 2 saturated heterocycles. The summed E-state index contributed by atoms with van der Waals surface area (Å²) in [4.78, 5) is 0. The van der Waals surface area contributed by atoms with Crippen LogP contribution in [0.15, 0.2) is 0 Å². The first-order chi connectivity index (χ1) is 4.92. The van der Waals surface area contributed by atoms with Crippen molar-refractivity contribution in [2.24, 2.45) is 5.92 Å². The highest BCUT2D eigenvalue weighted by Gasteiger charge is 2.37. The zero-order chi connectivity index (χ0) is 6.97. The molecule has 3 atom stereocenters. The first-order valence-electron chi connectivity index (χ1n) is 4.38. The Balaban J connectivity index is 2.01. The third-order valence-corrected chi connectivity index (χ3v) is 2.94. The van der Waals surface area contributed by atoms with Crippen molar-refractivity contribution in [2.75, 3.05) is 13.1 Å². The van der Waals surface area contributed by atoms with Crippen molar-refractivity contribution in [3.05, 3.63) is 0 Å². The standard InChI is InChI=1S/C8H16N2/c1-2-6-5-10-7-3-4-9-8(6)7/h6-10H,2-5H2,1H3. The predicted molar refractivity (Wildman–Crippen MR) is 42.0 cm³/mol. The fourth-order valence-corrected chi connectivity index (χ4v) is 2.28. The fraction of sp³-hybridized carbons (Fsp3) is 1.00. The third-order valence-electron chi connectivity index (χ3n) is 2.94. The molecule has 0 saturated carbocycles. The van der Waals surface area contributed by atoms with Gasteiger partial charge < -0.3 is 10.6 Å². The van der Waals surface area contributed by atoms with Crippen LogP contribution in [0, 0.1) is 5.92 Å². The van der Waals surface area contributed by atoms with E-state index in [9.17, 15) is 0 Å². The van der Waals surface area contributed by atoms with Gasteiger partial charge in [0.15, 0.2) is 0 Å². The lowest BCUT2D eigenvalue weighted by Gasteiger charge is -2.14. The van der Waals surface area contributed by atoms with Crippen molar-refractivity contribution in [1.82, 2.24) is 10.6 Å². The number of nitrogens with one attached hydrogen (secondary N) is 2. The molecule has 0 aliphatic carbocycles. The summed E-state index contributed by atoms with van der Waals surface area (Å²) in [6.45, 7) is 4.74. The van der Waals surface area contributed by atoms with Gasteiger partial charge in [-0.2, -0.15) is 0 Å². The Hall–Kier alpha value is -0.0800. The van der Waals surface area contributed by atoms with Crippen molar-refractivity contribution in [2.45, 2.75) is 31.8 Å². The summed E-state index contributed by atoms with van der Waals surface area (Å²) < 4.78 is 0. The van der Waals surface area contributed by atoms with Crippen LogP contribution in [0.25, 0.3) is 0 Å². The van der Waals surface area contributed by atoms with Crippen LogP contribution in [0.1, 0.15) is 19.8 Å².